The predicted molar refractivity (Wildman–Crippen MR) is 97.2 cm³/mol. The first-order valence-corrected chi connectivity index (χ1v) is 8.28. The van der Waals surface area contributed by atoms with Crippen molar-refractivity contribution in [2.45, 2.75) is 0 Å². The lowest BCUT2D eigenvalue weighted by Gasteiger charge is -2.35. The molecule has 1 aliphatic heterocycles. The minimum absolute atomic E-state index is 0.0893. The van der Waals surface area contributed by atoms with Crippen LogP contribution in [0, 0.1) is 5.82 Å². The van der Waals surface area contributed by atoms with Crippen LogP contribution in [0.3, 0.4) is 0 Å². The number of nitrogens with zero attached hydrogens (tertiary/aromatic N) is 2. The standard InChI is InChI=1S/C20H21FN2O2/c1-25-18-7-4-6-17(15-18)22-11-13-23(14-12-22)20(24)10-9-16-5-2-3-8-19(16)21/h2-10,15H,11-14H2,1H3/b10-9+. The van der Waals surface area contributed by atoms with Crippen molar-refractivity contribution in [3.8, 4) is 5.75 Å². The number of rotatable bonds is 4. The summed E-state index contributed by atoms with van der Waals surface area (Å²) in [6.45, 7) is 2.79. The monoisotopic (exact) mass is 340 g/mol. The number of carbonyl (C=O) groups is 1. The first kappa shape index (κ1) is 17.0. The zero-order valence-corrected chi connectivity index (χ0v) is 14.2. The molecule has 1 saturated heterocycles. The van der Waals surface area contributed by atoms with Gasteiger partial charge in [-0.2, -0.15) is 0 Å². The molecule has 1 amide bonds. The highest BCUT2D eigenvalue weighted by molar-refractivity contribution is 5.92. The average Bonchev–Trinajstić information content (AvgIpc) is 2.67. The van der Waals surface area contributed by atoms with Gasteiger partial charge in [0.05, 0.1) is 7.11 Å². The molecule has 2 aromatic rings. The molecule has 0 aromatic heterocycles. The Morgan fingerprint density at radius 3 is 2.56 bits per heavy atom. The molecule has 0 N–H and O–H groups in total. The third kappa shape index (κ3) is 4.18. The van der Waals surface area contributed by atoms with E-state index in [0.29, 0.717) is 18.7 Å². The lowest BCUT2D eigenvalue weighted by atomic mass is 10.2. The molecule has 25 heavy (non-hydrogen) atoms. The van der Waals surface area contributed by atoms with E-state index in [2.05, 4.69) is 4.90 Å². The summed E-state index contributed by atoms with van der Waals surface area (Å²) < 4.78 is 18.8. The largest absolute Gasteiger partial charge is 0.497 e. The van der Waals surface area contributed by atoms with E-state index in [-0.39, 0.29) is 11.7 Å². The molecule has 0 radical (unpaired) electrons. The number of anilines is 1. The Morgan fingerprint density at radius 1 is 1.08 bits per heavy atom. The summed E-state index contributed by atoms with van der Waals surface area (Å²) in [6, 6.07) is 14.3. The van der Waals surface area contributed by atoms with E-state index in [1.54, 1.807) is 30.2 Å². The van der Waals surface area contributed by atoms with Crippen molar-refractivity contribution in [1.82, 2.24) is 4.90 Å². The van der Waals surface area contributed by atoms with Crippen molar-refractivity contribution in [3.05, 3.63) is 66.0 Å². The van der Waals surface area contributed by atoms with Gasteiger partial charge in [0.15, 0.2) is 0 Å². The van der Waals surface area contributed by atoms with Gasteiger partial charge in [-0.3, -0.25) is 4.79 Å². The van der Waals surface area contributed by atoms with Gasteiger partial charge in [-0.1, -0.05) is 24.3 Å². The van der Waals surface area contributed by atoms with Crippen molar-refractivity contribution >= 4 is 17.7 Å². The van der Waals surface area contributed by atoms with Crippen molar-refractivity contribution in [2.24, 2.45) is 0 Å². The van der Waals surface area contributed by atoms with Gasteiger partial charge < -0.3 is 14.5 Å². The summed E-state index contributed by atoms with van der Waals surface area (Å²) in [5.41, 5.74) is 1.51. The van der Waals surface area contributed by atoms with Crippen LogP contribution in [-0.2, 0) is 4.79 Å². The summed E-state index contributed by atoms with van der Waals surface area (Å²) in [6.07, 6.45) is 2.98. The molecule has 0 unspecified atom stereocenters. The molecule has 1 heterocycles. The summed E-state index contributed by atoms with van der Waals surface area (Å²) in [5, 5.41) is 0. The Labute approximate surface area is 147 Å². The van der Waals surface area contributed by atoms with Crippen molar-refractivity contribution in [1.29, 1.82) is 0 Å². The van der Waals surface area contributed by atoms with Gasteiger partial charge >= 0.3 is 0 Å². The fourth-order valence-corrected chi connectivity index (χ4v) is 2.87. The number of halogens is 1. The molecule has 2 aromatic carbocycles. The van der Waals surface area contributed by atoms with Crippen molar-refractivity contribution in [3.63, 3.8) is 0 Å². The van der Waals surface area contributed by atoms with Gasteiger partial charge in [0.1, 0.15) is 11.6 Å². The van der Waals surface area contributed by atoms with Crippen LogP contribution in [0.25, 0.3) is 6.08 Å². The van der Waals surface area contributed by atoms with Crippen LogP contribution in [-0.4, -0.2) is 44.1 Å². The van der Waals surface area contributed by atoms with Crippen LogP contribution >= 0.6 is 0 Å². The molecule has 0 saturated carbocycles. The minimum Gasteiger partial charge on any atom is -0.497 e. The molecule has 5 heteroatoms. The Morgan fingerprint density at radius 2 is 1.84 bits per heavy atom. The number of amides is 1. The smallest absolute Gasteiger partial charge is 0.246 e. The zero-order chi connectivity index (χ0) is 17.6. The summed E-state index contributed by atoms with van der Waals surface area (Å²) in [5.74, 6) is 0.409. The minimum atomic E-state index is -0.325. The number of hydrogen-bond donors (Lipinski definition) is 0. The van der Waals surface area contributed by atoms with E-state index >= 15 is 0 Å². The highest BCUT2D eigenvalue weighted by atomic mass is 19.1. The normalized spacial score (nSPS) is 14.8. The van der Waals surface area contributed by atoms with E-state index in [1.165, 1.54) is 18.2 Å². The third-order valence-corrected chi connectivity index (χ3v) is 4.32. The highest BCUT2D eigenvalue weighted by Crippen LogP contribution is 2.22. The maximum atomic E-state index is 13.6. The first-order valence-electron chi connectivity index (χ1n) is 8.28. The predicted octanol–water partition coefficient (Wildman–Crippen LogP) is 3.20. The van der Waals surface area contributed by atoms with E-state index in [4.69, 9.17) is 4.74 Å². The van der Waals surface area contributed by atoms with Gasteiger partial charge in [0.25, 0.3) is 0 Å². The van der Waals surface area contributed by atoms with Gasteiger partial charge in [-0.05, 0) is 24.3 Å². The van der Waals surface area contributed by atoms with Crippen LogP contribution in [0.5, 0.6) is 5.75 Å². The number of hydrogen-bond acceptors (Lipinski definition) is 3. The molecule has 0 atom stereocenters. The van der Waals surface area contributed by atoms with Crippen LogP contribution in [0.1, 0.15) is 5.56 Å². The van der Waals surface area contributed by atoms with Crippen molar-refractivity contribution in [2.75, 3.05) is 38.2 Å². The van der Waals surface area contributed by atoms with E-state index in [1.807, 2.05) is 24.3 Å². The zero-order valence-electron chi connectivity index (χ0n) is 14.2. The number of benzene rings is 2. The lowest BCUT2D eigenvalue weighted by molar-refractivity contribution is -0.126. The van der Waals surface area contributed by atoms with E-state index in [9.17, 15) is 9.18 Å². The second-order valence-electron chi connectivity index (χ2n) is 5.87. The van der Waals surface area contributed by atoms with Gasteiger partial charge in [0.2, 0.25) is 5.91 Å². The van der Waals surface area contributed by atoms with Crippen molar-refractivity contribution < 1.29 is 13.9 Å². The highest BCUT2D eigenvalue weighted by Gasteiger charge is 2.20. The maximum Gasteiger partial charge on any atom is 0.246 e. The number of carbonyl (C=O) groups excluding carboxylic acids is 1. The quantitative estimate of drug-likeness (QED) is 0.802. The molecule has 1 aliphatic rings. The molecular formula is C20H21FN2O2. The second-order valence-corrected chi connectivity index (χ2v) is 5.87. The Hall–Kier alpha value is -2.82. The summed E-state index contributed by atoms with van der Waals surface area (Å²) >= 11 is 0. The number of methoxy groups -OCH3 is 1. The summed E-state index contributed by atoms with van der Waals surface area (Å²) in [4.78, 5) is 16.3. The number of piperazine rings is 1. The van der Waals surface area contributed by atoms with E-state index in [0.717, 1.165) is 24.5 Å². The molecule has 1 fully saturated rings. The average molecular weight is 340 g/mol. The van der Waals surface area contributed by atoms with Gasteiger partial charge in [-0.15, -0.1) is 0 Å². The lowest BCUT2D eigenvalue weighted by Crippen LogP contribution is -2.48. The maximum absolute atomic E-state index is 13.6. The van der Waals surface area contributed by atoms with Crippen LogP contribution in [0.4, 0.5) is 10.1 Å². The number of ether oxygens (including phenoxy) is 1. The molecule has 0 bridgehead atoms. The van der Waals surface area contributed by atoms with Crippen LogP contribution in [0.2, 0.25) is 0 Å². The molecular weight excluding hydrogens is 319 g/mol. The Bertz CT molecular complexity index is 768. The SMILES string of the molecule is COc1cccc(N2CCN(C(=O)/C=C/c3ccccc3F)CC2)c1. The molecule has 0 aliphatic carbocycles. The van der Waals surface area contributed by atoms with Gasteiger partial charge in [-0.25, -0.2) is 4.39 Å². The van der Waals surface area contributed by atoms with Crippen LogP contribution < -0.4 is 9.64 Å². The Kier molecular flexibility index (Phi) is 5.33. The fourth-order valence-electron chi connectivity index (χ4n) is 2.87. The fraction of sp³-hybridized carbons (Fsp3) is 0.250. The molecule has 0 spiro atoms. The first-order chi connectivity index (χ1) is 12.2. The molecule has 4 nitrogen and oxygen atoms in total. The van der Waals surface area contributed by atoms with Crippen LogP contribution in [0.15, 0.2) is 54.6 Å². The molecule has 130 valence electrons. The van der Waals surface area contributed by atoms with E-state index < -0.39 is 0 Å². The Balaban J connectivity index is 1.58. The summed E-state index contributed by atoms with van der Waals surface area (Å²) in [7, 11) is 1.65. The molecule has 3 rings (SSSR count). The third-order valence-electron chi connectivity index (χ3n) is 4.32. The topological polar surface area (TPSA) is 32.8 Å². The van der Waals surface area contributed by atoms with Gasteiger partial charge in [0, 0.05) is 49.6 Å². The second kappa shape index (κ2) is 7.83.